The number of unbranched alkanes of at least 4 members (excludes halogenated alkanes) is 1. The number of aliphatic hydroxyl groups is 1. The molecule has 0 amide bonds. The maximum absolute atomic E-state index is 11.7. The molecule has 0 aliphatic rings. The molecule has 0 aliphatic carbocycles. The average Bonchev–Trinajstić information content (AvgIpc) is 2.11. The van der Waals surface area contributed by atoms with Gasteiger partial charge in [0.1, 0.15) is 5.84 Å². The number of aliphatic hydroxyl groups excluding tert-OH is 1. The van der Waals surface area contributed by atoms with Gasteiger partial charge in [0.05, 0.1) is 0 Å². The van der Waals surface area contributed by atoms with Crippen molar-refractivity contribution in [1.82, 2.24) is 0 Å². The standard InChI is InChI=1S/C7H13F2N3O/c8-7(9)5(13)3-1-2-4-6(10)12-11/h3,7,13H,1-2,4,11H2,(H2,10,12)/b5-3-. The summed E-state index contributed by atoms with van der Waals surface area (Å²) in [5.41, 5.74) is 5.24. The summed E-state index contributed by atoms with van der Waals surface area (Å²) in [6.45, 7) is 0. The molecule has 0 bridgehead atoms. The van der Waals surface area contributed by atoms with Crippen molar-refractivity contribution < 1.29 is 13.9 Å². The van der Waals surface area contributed by atoms with E-state index in [0.29, 0.717) is 19.3 Å². The lowest BCUT2D eigenvalue weighted by Crippen LogP contribution is -2.13. The van der Waals surface area contributed by atoms with Gasteiger partial charge in [-0.05, 0) is 18.9 Å². The molecule has 5 N–H and O–H groups in total. The number of alkyl halides is 2. The number of allylic oxidation sites excluding steroid dienone is 2. The van der Waals surface area contributed by atoms with E-state index in [-0.39, 0.29) is 5.84 Å². The number of halogens is 2. The van der Waals surface area contributed by atoms with Crippen LogP contribution in [0.2, 0.25) is 0 Å². The van der Waals surface area contributed by atoms with Crippen LogP contribution in [0.4, 0.5) is 8.78 Å². The van der Waals surface area contributed by atoms with Crippen LogP contribution in [0.3, 0.4) is 0 Å². The lowest BCUT2D eigenvalue weighted by atomic mass is 10.2. The van der Waals surface area contributed by atoms with Gasteiger partial charge >= 0.3 is 0 Å². The SMILES string of the molecule is N/N=C(\N)CCC/C=C(\O)C(F)F. The van der Waals surface area contributed by atoms with Crippen LogP contribution >= 0.6 is 0 Å². The van der Waals surface area contributed by atoms with Gasteiger partial charge in [-0.2, -0.15) is 5.10 Å². The van der Waals surface area contributed by atoms with E-state index >= 15 is 0 Å². The number of hydrazone groups is 1. The second-order valence-electron chi connectivity index (χ2n) is 2.44. The fourth-order valence-corrected chi connectivity index (χ4v) is 0.687. The number of rotatable bonds is 5. The molecule has 0 aromatic carbocycles. The Kier molecular flexibility index (Phi) is 5.58. The Morgan fingerprint density at radius 3 is 2.62 bits per heavy atom. The largest absolute Gasteiger partial charge is 0.507 e. The summed E-state index contributed by atoms with van der Waals surface area (Å²) in [4.78, 5) is 0. The molecule has 0 radical (unpaired) electrons. The molecule has 0 saturated carbocycles. The van der Waals surface area contributed by atoms with Crippen molar-refractivity contribution in [3.05, 3.63) is 11.8 Å². The average molecular weight is 193 g/mol. The second-order valence-corrected chi connectivity index (χ2v) is 2.44. The highest BCUT2D eigenvalue weighted by atomic mass is 19.3. The van der Waals surface area contributed by atoms with Gasteiger partial charge < -0.3 is 16.7 Å². The molecule has 0 saturated heterocycles. The summed E-state index contributed by atoms with van der Waals surface area (Å²) >= 11 is 0. The number of hydrogen-bond acceptors (Lipinski definition) is 3. The van der Waals surface area contributed by atoms with Crippen LogP contribution in [0.5, 0.6) is 0 Å². The lowest BCUT2D eigenvalue weighted by molar-refractivity contribution is 0.128. The van der Waals surface area contributed by atoms with Crippen LogP contribution in [0.15, 0.2) is 16.9 Å². The molecule has 6 heteroatoms. The maximum Gasteiger partial charge on any atom is 0.294 e. The van der Waals surface area contributed by atoms with Gasteiger partial charge in [0, 0.05) is 6.42 Å². The molecule has 13 heavy (non-hydrogen) atoms. The minimum Gasteiger partial charge on any atom is -0.507 e. The summed E-state index contributed by atoms with van der Waals surface area (Å²) < 4.78 is 23.4. The minimum absolute atomic E-state index is 0.268. The van der Waals surface area contributed by atoms with Gasteiger partial charge in [-0.3, -0.25) is 0 Å². The van der Waals surface area contributed by atoms with E-state index in [4.69, 9.17) is 16.7 Å². The van der Waals surface area contributed by atoms with Crippen molar-refractivity contribution in [2.24, 2.45) is 16.7 Å². The number of nitrogens with two attached hydrogens (primary N) is 2. The monoisotopic (exact) mass is 193 g/mol. The first-order valence-electron chi connectivity index (χ1n) is 3.77. The molecule has 0 rings (SSSR count). The predicted octanol–water partition coefficient (Wildman–Crippen LogP) is 1.09. The fraction of sp³-hybridized carbons (Fsp3) is 0.571. The lowest BCUT2D eigenvalue weighted by Gasteiger charge is -1.98. The molecular weight excluding hydrogens is 180 g/mol. The zero-order valence-corrected chi connectivity index (χ0v) is 7.08. The molecule has 0 aromatic heterocycles. The fourth-order valence-electron chi connectivity index (χ4n) is 0.687. The van der Waals surface area contributed by atoms with Crippen LogP contribution in [0.1, 0.15) is 19.3 Å². The maximum atomic E-state index is 11.7. The first-order chi connectivity index (χ1) is 6.07. The van der Waals surface area contributed by atoms with E-state index < -0.39 is 12.2 Å². The Labute approximate surface area is 74.9 Å². The Hall–Kier alpha value is -1.33. The van der Waals surface area contributed by atoms with Gasteiger partial charge in [0.25, 0.3) is 6.43 Å². The molecule has 0 aliphatic heterocycles. The Bertz CT molecular complexity index is 204. The summed E-state index contributed by atoms with van der Waals surface area (Å²) in [5, 5.41) is 11.8. The van der Waals surface area contributed by atoms with Gasteiger partial charge in [-0.1, -0.05) is 0 Å². The Morgan fingerprint density at radius 1 is 1.54 bits per heavy atom. The number of amidine groups is 1. The van der Waals surface area contributed by atoms with Crippen molar-refractivity contribution in [2.45, 2.75) is 25.7 Å². The molecule has 0 spiro atoms. The molecule has 4 nitrogen and oxygen atoms in total. The minimum atomic E-state index is -2.81. The van der Waals surface area contributed by atoms with E-state index in [0.717, 1.165) is 6.08 Å². The van der Waals surface area contributed by atoms with E-state index in [1.165, 1.54) is 0 Å². The van der Waals surface area contributed by atoms with Crippen molar-refractivity contribution >= 4 is 5.84 Å². The third-order valence-electron chi connectivity index (χ3n) is 1.38. The highest BCUT2D eigenvalue weighted by molar-refractivity contribution is 5.79. The molecule has 76 valence electrons. The van der Waals surface area contributed by atoms with Crippen molar-refractivity contribution in [1.29, 1.82) is 0 Å². The Morgan fingerprint density at radius 2 is 2.15 bits per heavy atom. The van der Waals surface area contributed by atoms with Crippen LogP contribution in [0, 0.1) is 0 Å². The third-order valence-corrected chi connectivity index (χ3v) is 1.38. The van der Waals surface area contributed by atoms with Gasteiger partial charge in [0.2, 0.25) is 0 Å². The summed E-state index contributed by atoms with van der Waals surface area (Å²) in [7, 11) is 0. The van der Waals surface area contributed by atoms with Crippen LogP contribution in [0.25, 0.3) is 0 Å². The molecule has 0 unspecified atom stereocenters. The van der Waals surface area contributed by atoms with E-state index in [9.17, 15) is 8.78 Å². The van der Waals surface area contributed by atoms with Crippen LogP contribution in [-0.4, -0.2) is 17.4 Å². The molecular formula is C7H13F2N3O. The Balaban J connectivity index is 3.62. The number of hydrogen-bond donors (Lipinski definition) is 3. The summed E-state index contributed by atoms with van der Waals surface area (Å²) in [6, 6.07) is 0. The van der Waals surface area contributed by atoms with Crippen LogP contribution in [-0.2, 0) is 0 Å². The molecule has 0 heterocycles. The van der Waals surface area contributed by atoms with E-state index in [2.05, 4.69) is 5.10 Å². The topological polar surface area (TPSA) is 84.6 Å². The van der Waals surface area contributed by atoms with Gasteiger partial charge in [-0.25, -0.2) is 8.78 Å². The van der Waals surface area contributed by atoms with Crippen LogP contribution < -0.4 is 11.6 Å². The molecule has 0 aromatic rings. The smallest absolute Gasteiger partial charge is 0.294 e. The summed E-state index contributed by atoms with van der Waals surface area (Å²) in [5.74, 6) is 4.21. The summed E-state index contributed by atoms with van der Waals surface area (Å²) in [6.07, 6.45) is -0.450. The van der Waals surface area contributed by atoms with Gasteiger partial charge in [0.15, 0.2) is 5.76 Å². The molecule has 0 atom stereocenters. The predicted molar refractivity (Wildman–Crippen MR) is 46.4 cm³/mol. The zero-order valence-electron chi connectivity index (χ0n) is 7.08. The first-order valence-corrected chi connectivity index (χ1v) is 3.77. The van der Waals surface area contributed by atoms with Gasteiger partial charge in [-0.15, -0.1) is 0 Å². The number of nitrogens with zero attached hydrogens (tertiary/aromatic N) is 1. The van der Waals surface area contributed by atoms with E-state index in [1.807, 2.05) is 0 Å². The third kappa shape index (κ3) is 5.89. The normalized spacial score (nSPS) is 13.8. The van der Waals surface area contributed by atoms with Crippen molar-refractivity contribution in [3.8, 4) is 0 Å². The highest BCUT2D eigenvalue weighted by Crippen LogP contribution is 2.07. The first kappa shape index (κ1) is 11.7. The van der Waals surface area contributed by atoms with Crippen molar-refractivity contribution in [2.75, 3.05) is 0 Å². The zero-order chi connectivity index (χ0) is 10.3. The van der Waals surface area contributed by atoms with Crippen molar-refractivity contribution in [3.63, 3.8) is 0 Å². The van der Waals surface area contributed by atoms with E-state index in [1.54, 1.807) is 0 Å². The quantitative estimate of drug-likeness (QED) is 0.153. The second kappa shape index (κ2) is 6.22. The highest BCUT2D eigenvalue weighted by Gasteiger charge is 2.06. The molecule has 0 fully saturated rings.